The second kappa shape index (κ2) is 8.28. The molecule has 2 atom stereocenters. The molecule has 6 heteroatoms. The van der Waals surface area contributed by atoms with Crippen LogP contribution in [0.3, 0.4) is 0 Å². The average Bonchev–Trinajstić information content (AvgIpc) is 3.11. The Morgan fingerprint density at radius 2 is 2.12 bits per heavy atom. The molecule has 1 saturated heterocycles. The molecule has 0 bridgehead atoms. The number of nitrogens with one attached hydrogen (secondary N) is 1. The third-order valence-corrected chi connectivity index (χ3v) is 5.00. The van der Waals surface area contributed by atoms with Gasteiger partial charge in [0.25, 0.3) is 5.91 Å². The summed E-state index contributed by atoms with van der Waals surface area (Å²) in [5.41, 5.74) is 7.54. The summed E-state index contributed by atoms with van der Waals surface area (Å²) in [7, 11) is 0. The van der Waals surface area contributed by atoms with Crippen molar-refractivity contribution in [3.63, 3.8) is 0 Å². The van der Waals surface area contributed by atoms with E-state index in [1.54, 1.807) is 18.0 Å². The Morgan fingerprint density at radius 3 is 2.79 bits per heavy atom. The van der Waals surface area contributed by atoms with Crippen LogP contribution in [-0.2, 0) is 15.3 Å². The van der Waals surface area contributed by atoms with Gasteiger partial charge in [-0.25, -0.2) is 0 Å². The molecule has 0 spiro atoms. The molecule has 1 fully saturated rings. The van der Waals surface area contributed by atoms with Gasteiger partial charge in [-0.15, -0.1) is 11.8 Å². The number of rotatable bonds is 6. The van der Waals surface area contributed by atoms with E-state index in [1.165, 1.54) is 5.56 Å². The predicted octanol–water partition coefficient (Wildman–Crippen LogP) is 2.82. The molecule has 126 valence electrons. The van der Waals surface area contributed by atoms with Gasteiger partial charge in [-0.3, -0.25) is 9.78 Å². The standard InChI is InChI=1S/C18H21N3O2S/c19-10-15-5-8-17(23-15)18(22)21-14-3-6-16(7-4-14)24-12-13-2-1-9-20-11-13/h1-4,6-7,9,11,15,17H,5,8,10,12,19H2,(H,21,22)/t15-,17+/m1/s1. The van der Waals surface area contributed by atoms with Crippen molar-refractivity contribution in [3.8, 4) is 0 Å². The lowest BCUT2D eigenvalue weighted by atomic mass is 10.2. The molecule has 2 aromatic rings. The van der Waals surface area contributed by atoms with Crippen LogP contribution in [0.4, 0.5) is 5.69 Å². The van der Waals surface area contributed by atoms with Gasteiger partial charge in [-0.2, -0.15) is 0 Å². The molecule has 1 aromatic heterocycles. The molecule has 2 heterocycles. The first-order valence-corrected chi connectivity index (χ1v) is 9.01. The van der Waals surface area contributed by atoms with Gasteiger partial charge in [-0.05, 0) is 48.7 Å². The third-order valence-electron chi connectivity index (χ3n) is 3.91. The summed E-state index contributed by atoms with van der Waals surface area (Å²) < 4.78 is 5.61. The minimum Gasteiger partial charge on any atom is -0.364 e. The zero-order valence-corrected chi connectivity index (χ0v) is 14.2. The predicted molar refractivity (Wildman–Crippen MR) is 95.8 cm³/mol. The first-order chi connectivity index (χ1) is 11.7. The van der Waals surface area contributed by atoms with Gasteiger partial charge < -0.3 is 15.8 Å². The largest absolute Gasteiger partial charge is 0.364 e. The summed E-state index contributed by atoms with van der Waals surface area (Å²) in [5.74, 6) is 0.775. The highest BCUT2D eigenvalue weighted by molar-refractivity contribution is 7.98. The molecule has 24 heavy (non-hydrogen) atoms. The van der Waals surface area contributed by atoms with Crippen molar-refractivity contribution in [2.45, 2.75) is 35.7 Å². The number of ether oxygens (including phenoxy) is 1. The molecule has 0 radical (unpaired) electrons. The zero-order valence-electron chi connectivity index (χ0n) is 13.4. The maximum atomic E-state index is 12.2. The normalized spacial score (nSPS) is 20.0. The number of aromatic nitrogens is 1. The van der Waals surface area contributed by atoms with Crippen LogP contribution in [0, 0.1) is 0 Å². The van der Waals surface area contributed by atoms with Gasteiger partial charge in [0.05, 0.1) is 6.10 Å². The molecule has 0 saturated carbocycles. The van der Waals surface area contributed by atoms with Crippen LogP contribution in [0.1, 0.15) is 18.4 Å². The summed E-state index contributed by atoms with van der Waals surface area (Å²) in [6.07, 6.45) is 4.84. The number of nitrogens with zero attached hydrogens (tertiary/aromatic N) is 1. The van der Waals surface area contributed by atoms with Gasteiger partial charge in [0.1, 0.15) is 6.10 Å². The average molecular weight is 343 g/mol. The first-order valence-electron chi connectivity index (χ1n) is 8.03. The van der Waals surface area contributed by atoms with Crippen molar-refractivity contribution in [2.75, 3.05) is 11.9 Å². The Morgan fingerprint density at radius 1 is 1.29 bits per heavy atom. The number of pyridine rings is 1. The van der Waals surface area contributed by atoms with Crippen LogP contribution in [0.5, 0.6) is 0 Å². The molecule has 5 nitrogen and oxygen atoms in total. The number of anilines is 1. The third kappa shape index (κ3) is 4.56. The van der Waals surface area contributed by atoms with Gasteiger partial charge in [0, 0.05) is 35.3 Å². The SMILES string of the molecule is NC[C@H]1CC[C@@H](C(=O)Nc2ccc(SCc3cccnc3)cc2)O1. The van der Waals surface area contributed by atoms with Crippen molar-refractivity contribution in [1.29, 1.82) is 0 Å². The van der Waals surface area contributed by atoms with Gasteiger partial charge >= 0.3 is 0 Å². The van der Waals surface area contributed by atoms with E-state index in [9.17, 15) is 4.79 Å². The molecule has 0 unspecified atom stereocenters. The molecule has 0 aliphatic carbocycles. The first kappa shape index (κ1) is 17.0. The summed E-state index contributed by atoms with van der Waals surface area (Å²) in [4.78, 5) is 17.4. The highest BCUT2D eigenvalue weighted by atomic mass is 32.2. The van der Waals surface area contributed by atoms with E-state index in [4.69, 9.17) is 10.5 Å². The topological polar surface area (TPSA) is 77.2 Å². The second-order valence-corrected chi connectivity index (χ2v) is 6.77. The Balaban J connectivity index is 1.50. The minimum atomic E-state index is -0.391. The Hall–Kier alpha value is -1.89. The molecular weight excluding hydrogens is 322 g/mol. The van der Waals surface area contributed by atoms with E-state index in [2.05, 4.69) is 16.4 Å². The van der Waals surface area contributed by atoms with E-state index < -0.39 is 6.10 Å². The maximum Gasteiger partial charge on any atom is 0.253 e. The molecule has 1 aliphatic heterocycles. The van der Waals surface area contributed by atoms with E-state index in [0.717, 1.165) is 29.2 Å². The number of benzene rings is 1. The van der Waals surface area contributed by atoms with Crippen molar-refractivity contribution in [3.05, 3.63) is 54.4 Å². The Kier molecular flexibility index (Phi) is 5.85. The number of hydrogen-bond donors (Lipinski definition) is 2. The Labute approximate surface area is 146 Å². The quantitative estimate of drug-likeness (QED) is 0.789. The molecule has 3 rings (SSSR count). The van der Waals surface area contributed by atoms with Crippen LogP contribution in [0.25, 0.3) is 0 Å². The lowest BCUT2D eigenvalue weighted by Gasteiger charge is -2.13. The van der Waals surface area contributed by atoms with Crippen molar-refractivity contribution >= 4 is 23.4 Å². The number of amides is 1. The van der Waals surface area contributed by atoms with Crippen LogP contribution in [0.2, 0.25) is 0 Å². The van der Waals surface area contributed by atoms with Crippen molar-refractivity contribution in [2.24, 2.45) is 5.73 Å². The Bertz CT molecular complexity index is 664. The van der Waals surface area contributed by atoms with E-state index in [1.807, 2.05) is 36.5 Å². The summed E-state index contributed by atoms with van der Waals surface area (Å²) in [6.45, 7) is 0.465. The smallest absolute Gasteiger partial charge is 0.253 e. The number of carbonyl (C=O) groups is 1. The van der Waals surface area contributed by atoms with Crippen LogP contribution in [-0.4, -0.2) is 29.6 Å². The molecular formula is C18H21N3O2S. The van der Waals surface area contributed by atoms with Gasteiger partial charge in [0.2, 0.25) is 0 Å². The fourth-order valence-corrected chi connectivity index (χ4v) is 3.41. The van der Waals surface area contributed by atoms with Crippen LogP contribution < -0.4 is 11.1 Å². The fourth-order valence-electron chi connectivity index (χ4n) is 2.58. The van der Waals surface area contributed by atoms with Crippen molar-refractivity contribution < 1.29 is 9.53 Å². The van der Waals surface area contributed by atoms with Gasteiger partial charge in [0.15, 0.2) is 0 Å². The molecule has 3 N–H and O–H groups in total. The lowest BCUT2D eigenvalue weighted by Crippen LogP contribution is -2.29. The maximum absolute atomic E-state index is 12.2. The number of thioether (sulfide) groups is 1. The van der Waals surface area contributed by atoms with Gasteiger partial charge in [-0.1, -0.05) is 6.07 Å². The summed E-state index contributed by atoms with van der Waals surface area (Å²) in [5, 5.41) is 2.91. The van der Waals surface area contributed by atoms with E-state index >= 15 is 0 Å². The number of hydrogen-bond acceptors (Lipinski definition) is 5. The van der Waals surface area contributed by atoms with E-state index in [-0.39, 0.29) is 12.0 Å². The summed E-state index contributed by atoms with van der Waals surface area (Å²) >= 11 is 1.74. The molecule has 1 aliphatic rings. The monoisotopic (exact) mass is 343 g/mol. The van der Waals surface area contributed by atoms with Crippen LogP contribution >= 0.6 is 11.8 Å². The minimum absolute atomic E-state index is 0.00648. The zero-order chi connectivity index (χ0) is 16.8. The highest BCUT2D eigenvalue weighted by Crippen LogP contribution is 2.25. The number of carbonyl (C=O) groups excluding carboxylic acids is 1. The highest BCUT2D eigenvalue weighted by Gasteiger charge is 2.29. The lowest BCUT2D eigenvalue weighted by molar-refractivity contribution is -0.126. The van der Waals surface area contributed by atoms with E-state index in [0.29, 0.717) is 6.54 Å². The molecule has 1 aromatic carbocycles. The number of nitrogens with two attached hydrogens (primary N) is 1. The summed E-state index contributed by atoms with van der Waals surface area (Å²) in [6, 6.07) is 11.8. The molecule has 1 amide bonds. The van der Waals surface area contributed by atoms with Crippen molar-refractivity contribution in [1.82, 2.24) is 4.98 Å². The fraction of sp³-hybridized carbons (Fsp3) is 0.333. The van der Waals surface area contributed by atoms with Crippen LogP contribution in [0.15, 0.2) is 53.7 Å². The second-order valence-electron chi connectivity index (χ2n) is 5.72.